The topological polar surface area (TPSA) is 102 Å². The zero-order valence-electron chi connectivity index (χ0n) is 15.9. The van der Waals surface area contributed by atoms with E-state index in [0.29, 0.717) is 16.9 Å². The van der Waals surface area contributed by atoms with Crippen LogP contribution in [0.1, 0.15) is 23.3 Å². The molecule has 4 rings (SSSR count). The highest BCUT2D eigenvalue weighted by Gasteiger charge is 2.17. The van der Waals surface area contributed by atoms with Gasteiger partial charge in [0.05, 0.1) is 11.1 Å². The first-order valence-electron chi connectivity index (χ1n) is 9.13. The maximum Gasteiger partial charge on any atom is 0.258 e. The van der Waals surface area contributed by atoms with Crippen LogP contribution in [0.2, 0.25) is 0 Å². The quantitative estimate of drug-likeness (QED) is 0.531. The minimum atomic E-state index is -0.582. The Labute approximate surface area is 170 Å². The van der Waals surface area contributed by atoms with Crippen molar-refractivity contribution in [3.63, 3.8) is 0 Å². The Kier molecular flexibility index (Phi) is 5.17. The molecule has 0 radical (unpaired) electrons. The van der Waals surface area contributed by atoms with Crippen LogP contribution in [0, 0.1) is 5.82 Å². The van der Waals surface area contributed by atoms with Crippen molar-refractivity contribution in [1.29, 1.82) is 0 Å². The number of amides is 2. The highest BCUT2D eigenvalue weighted by Crippen LogP contribution is 2.21. The van der Waals surface area contributed by atoms with Crippen molar-refractivity contribution >= 4 is 34.2 Å². The van der Waals surface area contributed by atoms with E-state index in [-0.39, 0.29) is 17.0 Å². The molecule has 2 aromatic heterocycles. The molecule has 4 aromatic rings. The number of hydrogen-bond donors (Lipinski definition) is 2. The Hall–Kier alpha value is -4.14. The van der Waals surface area contributed by atoms with E-state index in [0.717, 1.165) is 6.07 Å². The van der Waals surface area contributed by atoms with Crippen molar-refractivity contribution < 1.29 is 14.0 Å². The van der Waals surface area contributed by atoms with E-state index in [1.165, 1.54) is 23.1 Å². The van der Waals surface area contributed by atoms with E-state index in [2.05, 4.69) is 25.7 Å². The van der Waals surface area contributed by atoms with Crippen LogP contribution in [0.15, 0.2) is 67.3 Å². The first-order valence-corrected chi connectivity index (χ1v) is 9.13. The Balaban J connectivity index is 1.52. The van der Waals surface area contributed by atoms with Gasteiger partial charge in [-0.3, -0.25) is 24.2 Å². The molecule has 0 aliphatic carbocycles. The van der Waals surface area contributed by atoms with Gasteiger partial charge in [-0.2, -0.15) is 5.10 Å². The molecule has 0 aliphatic rings. The molecular weight excluding hydrogens is 387 g/mol. The molecule has 2 heterocycles. The lowest BCUT2D eigenvalue weighted by atomic mass is 10.1. The summed E-state index contributed by atoms with van der Waals surface area (Å²) in [7, 11) is 0. The average molecular weight is 404 g/mol. The summed E-state index contributed by atoms with van der Waals surface area (Å²) in [5.74, 6) is -1.37. The third kappa shape index (κ3) is 4.00. The fraction of sp³-hybridized carbons (Fsp3) is 0.0952. The maximum absolute atomic E-state index is 13.9. The second kappa shape index (κ2) is 8.08. The number of benzene rings is 2. The Morgan fingerprint density at radius 1 is 1.00 bits per heavy atom. The summed E-state index contributed by atoms with van der Waals surface area (Å²) in [6.07, 6.45) is 6.17. The van der Waals surface area contributed by atoms with Crippen LogP contribution in [-0.2, 0) is 4.79 Å². The van der Waals surface area contributed by atoms with Crippen molar-refractivity contribution in [2.75, 3.05) is 10.6 Å². The number of anilines is 2. The van der Waals surface area contributed by atoms with Crippen molar-refractivity contribution in [2.45, 2.75) is 13.0 Å². The van der Waals surface area contributed by atoms with E-state index in [4.69, 9.17) is 0 Å². The zero-order chi connectivity index (χ0) is 21.1. The van der Waals surface area contributed by atoms with Crippen molar-refractivity contribution in [3.8, 4) is 0 Å². The van der Waals surface area contributed by atoms with Crippen LogP contribution >= 0.6 is 0 Å². The molecule has 0 bridgehead atoms. The molecule has 9 heteroatoms. The predicted octanol–water partition coefficient (Wildman–Crippen LogP) is 3.42. The van der Waals surface area contributed by atoms with Gasteiger partial charge in [-0.05, 0) is 37.3 Å². The predicted molar refractivity (Wildman–Crippen MR) is 109 cm³/mol. The Bertz CT molecular complexity index is 1230. The smallest absolute Gasteiger partial charge is 0.258 e. The van der Waals surface area contributed by atoms with Gasteiger partial charge in [0.2, 0.25) is 5.91 Å². The molecule has 0 aliphatic heterocycles. The Morgan fingerprint density at radius 3 is 2.53 bits per heavy atom. The number of carbonyl (C=O) groups excluding carboxylic acids is 2. The van der Waals surface area contributed by atoms with Crippen molar-refractivity contribution in [1.82, 2.24) is 19.7 Å². The van der Waals surface area contributed by atoms with Gasteiger partial charge in [-0.15, -0.1) is 0 Å². The average Bonchev–Trinajstić information content (AvgIpc) is 3.27. The third-order valence-electron chi connectivity index (χ3n) is 4.47. The van der Waals surface area contributed by atoms with Gasteiger partial charge in [0, 0.05) is 42.2 Å². The summed E-state index contributed by atoms with van der Waals surface area (Å²) in [6, 6.07) is 10.2. The highest BCUT2D eigenvalue weighted by molar-refractivity contribution is 6.11. The summed E-state index contributed by atoms with van der Waals surface area (Å²) < 4.78 is 15.4. The van der Waals surface area contributed by atoms with E-state index < -0.39 is 17.8 Å². The van der Waals surface area contributed by atoms with Crippen LogP contribution in [0.25, 0.3) is 11.0 Å². The van der Waals surface area contributed by atoms with Crippen LogP contribution < -0.4 is 10.6 Å². The molecule has 0 saturated heterocycles. The van der Waals surface area contributed by atoms with Crippen LogP contribution in [0.4, 0.5) is 15.8 Å². The van der Waals surface area contributed by atoms with E-state index in [1.807, 2.05) is 0 Å². The van der Waals surface area contributed by atoms with Crippen molar-refractivity contribution in [3.05, 3.63) is 78.6 Å². The maximum atomic E-state index is 13.9. The molecule has 0 fully saturated rings. The van der Waals surface area contributed by atoms with Gasteiger partial charge < -0.3 is 10.6 Å². The molecule has 1 unspecified atom stereocenters. The minimum Gasteiger partial charge on any atom is -0.324 e. The van der Waals surface area contributed by atoms with Gasteiger partial charge in [-0.25, -0.2) is 4.39 Å². The highest BCUT2D eigenvalue weighted by atomic mass is 19.1. The van der Waals surface area contributed by atoms with Crippen LogP contribution in [0.5, 0.6) is 0 Å². The summed E-state index contributed by atoms with van der Waals surface area (Å²) in [5.41, 5.74) is 1.59. The minimum absolute atomic E-state index is 0.0693. The molecule has 0 spiro atoms. The summed E-state index contributed by atoms with van der Waals surface area (Å²) in [4.78, 5) is 33.3. The van der Waals surface area contributed by atoms with Gasteiger partial charge in [0.25, 0.3) is 5.91 Å². The fourth-order valence-electron chi connectivity index (χ4n) is 2.96. The summed E-state index contributed by atoms with van der Waals surface area (Å²) >= 11 is 0. The molecule has 1 atom stereocenters. The molecular formula is C21H17FN6O2. The van der Waals surface area contributed by atoms with E-state index >= 15 is 0 Å². The van der Waals surface area contributed by atoms with E-state index in [1.54, 1.807) is 49.6 Å². The molecule has 2 amide bonds. The molecule has 150 valence electrons. The summed E-state index contributed by atoms with van der Waals surface area (Å²) in [6.45, 7) is 1.73. The van der Waals surface area contributed by atoms with Crippen LogP contribution in [0.3, 0.4) is 0 Å². The zero-order valence-corrected chi connectivity index (χ0v) is 15.9. The first kappa shape index (κ1) is 19.2. The van der Waals surface area contributed by atoms with Crippen molar-refractivity contribution in [2.24, 2.45) is 0 Å². The number of nitrogens with zero attached hydrogens (tertiary/aromatic N) is 4. The fourth-order valence-corrected chi connectivity index (χ4v) is 2.96. The van der Waals surface area contributed by atoms with E-state index in [9.17, 15) is 14.0 Å². The standard InChI is InChI=1S/C21H17FN6O2/c1-13(28-9-3-6-25-28)20(29)26-15-4-2-5-16(12-15)27-21(30)17-10-14(22)11-18-19(17)24-8-7-23-18/h2-13H,1H3,(H,26,29)(H,27,30). The third-order valence-corrected chi connectivity index (χ3v) is 4.47. The number of nitrogens with one attached hydrogen (secondary N) is 2. The van der Waals surface area contributed by atoms with Gasteiger partial charge >= 0.3 is 0 Å². The number of fused-ring (bicyclic) bond motifs is 1. The summed E-state index contributed by atoms with van der Waals surface area (Å²) in [5, 5.41) is 9.55. The molecule has 30 heavy (non-hydrogen) atoms. The lowest BCUT2D eigenvalue weighted by Gasteiger charge is -2.14. The molecule has 2 aromatic carbocycles. The number of aromatic nitrogens is 4. The number of carbonyl (C=O) groups is 2. The normalized spacial score (nSPS) is 11.8. The molecule has 2 N–H and O–H groups in total. The first-order chi connectivity index (χ1) is 14.5. The van der Waals surface area contributed by atoms with Gasteiger partial charge in [0.1, 0.15) is 17.4 Å². The second-order valence-electron chi connectivity index (χ2n) is 6.56. The monoisotopic (exact) mass is 404 g/mol. The molecule has 8 nitrogen and oxygen atoms in total. The number of halogens is 1. The molecule has 0 saturated carbocycles. The largest absolute Gasteiger partial charge is 0.324 e. The van der Waals surface area contributed by atoms with Crippen LogP contribution in [-0.4, -0.2) is 31.6 Å². The Morgan fingerprint density at radius 2 is 1.77 bits per heavy atom. The lowest BCUT2D eigenvalue weighted by Crippen LogP contribution is -2.24. The van der Waals surface area contributed by atoms with Gasteiger partial charge in [0.15, 0.2) is 0 Å². The van der Waals surface area contributed by atoms with Gasteiger partial charge in [-0.1, -0.05) is 6.07 Å². The lowest BCUT2D eigenvalue weighted by molar-refractivity contribution is -0.119. The second-order valence-corrected chi connectivity index (χ2v) is 6.56. The SMILES string of the molecule is CC(C(=O)Nc1cccc(NC(=O)c2cc(F)cc3nccnc23)c1)n1cccn1. The number of rotatable bonds is 5. The number of hydrogen-bond acceptors (Lipinski definition) is 5.